The van der Waals surface area contributed by atoms with Crippen molar-refractivity contribution in [2.75, 3.05) is 0 Å². The molecular weight excluding hydrogens is 317 g/mol. The van der Waals surface area contributed by atoms with Gasteiger partial charge in [-0.1, -0.05) is 0 Å². The zero-order valence-corrected chi connectivity index (χ0v) is 7.23. The van der Waals surface area contributed by atoms with Crippen LogP contribution in [0, 0.1) is 0 Å². The first-order valence-electron chi connectivity index (χ1n) is 0.651. The van der Waals surface area contributed by atoms with Crippen molar-refractivity contribution >= 4 is 32.4 Å². The molecule has 0 bridgehead atoms. The van der Waals surface area contributed by atoms with Crippen molar-refractivity contribution < 1.29 is 31.4 Å². The van der Waals surface area contributed by atoms with Crippen LogP contribution in [-0.4, -0.2) is 59.0 Å². The van der Waals surface area contributed by atoms with E-state index in [9.17, 15) is 0 Å². The molecule has 0 aliphatic heterocycles. The summed E-state index contributed by atoms with van der Waals surface area (Å²) >= 11 is 0. The largest absolute Gasteiger partial charge is 0.503 e. The molecule has 0 rings (SSSR count). The van der Waals surface area contributed by atoms with Gasteiger partial charge in [-0.15, -0.1) is 0 Å². The van der Waals surface area contributed by atoms with E-state index in [1.54, 1.807) is 0 Å². The Morgan fingerprint density at radius 3 is 1.00 bits per heavy atom. The van der Waals surface area contributed by atoms with Crippen molar-refractivity contribution in [3.8, 4) is 0 Å². The van der Waals surface area contributed by atoms with E-state index < -0.39 is 6.16 Å². The summed E-state index contributed by atoms with van der Waals surface area (Å²) in [7, 11) is 0. The first-order chi connectivity index (χ1) is 1.73. The SMILES string of the molecule is O.O.O.O=C(O)O.[Bi]. The first kappa shape index (κ1) is 43.2. The summed E-state index contributed by atoms with van der Waals surface area (Å²) in [5.41, 5.74) is 0. The molecule has 0 aromatic carbocycles. The van der Waals surface area contributed by atoms with Crippen molar-refractivity contribution in [3.63, 3.8) is 0 Å². The van der Waals surface area contributed by atoms with Crippen molar-refractivity contribution in [1.29, 1.82) is 0 Å². The Morgan fingerprint density at radius 1 is 1.00 bits per heavy atom. The average Bonchev–Trinajstić information content (AvgIpc) is 0.811. The van der Waals surface area contributed by atoms with Crippen LogP contribution in [0.25, 0.3) is 0 Å². The van der Waals surface area contributed by atoms with Crippen molar-refractivity contribution in [2.24, 2.45) is 0 Å². The van der Waals surface area contributed by atoms with Gasteiger partial charge in [0.05, 0.1) is 0 Å². The predicted molar refractivity (Wildman–Crippen MR) is 27.2 cm³/mol. The summed E-state index contributed by atoms with van der Waals surface area (Å²) in [4.78, 5) is 8.56. The topological polar surface area (TPSA) is 152 Å². The molecule has 0 saturated heterocycles. The van der Waals surface area contributed by atoms with Gasteiger partial charge in [0, 0.05) is 26.2 Å². The van der Waals surface area contributed by atoms with E-state index in [0.29, 0.717) is 0 Å². The molecule has 7 heteroatoms. The van der Waals surface area contributed by atoms with Crippen LogP contribution in [0.2, 0.25) is 0 Å². The number of carbonyl (C=O) groups is 1. The summed E-state index contributed by atoms with van der Waals surface area (Å²) in [6, 6.07) is 0. The van der Waals surface area contributed by atoms with Gasteiger partial charge in [0.2, 0.25) is 0 Å². The fraction of sp³-hybridized carbons (Fsp3) is 0. The molecule has 0 heterocycles. The minimum absolute atomic E-state index is 0. The molecule has 0 amide bonds. The standard InChI is InChI=1S/CH2O3.Bi.3H2O/c2-1(3)4;;;;/h(H2,2,3,4);;3*1H2. The normalized spacial score (nSPS) is 3.00. The molecule has 3 radical (unpaired) electrons. The molecule has 8 heavy (non-hydrogen) atoms. The minimum atomic E-state index is -1.83. The number of carboxylic acid groups (broad SMARTS) is 2. The van der Waals surface area contributed by atoms with E-state index in [1.165, 1.54) is 0 Å². The molecule has 0 saturated carbocycles. The van der Waals surface area contributed by atoms with Gasteiger partial charge in [0.25, 0.3) is 0 Å². The van der Waals surface area contributed by atoms with Crippen LogP contribution in [0.4, 0.5) is 4.79 Å². The number of hydrogen-bond donors (Lipinski definition) is 2. The van der Waals surface area contributed by atoms with Crippen molar-refractivity contribution in [1.82, 2.24) is 0 Å². The van der Waals surface area contributed by atoms with E-state index in [-0.39, 0.29) is 42.6 Å². The van der Waals surface area contributed by atoms with E-state index >= 15 is 0 Å². The van der Waals surface area contributed by atoms with Crippen molar-refractivity contribution in [3.05, 3.63) is 0 Å². The van der Waals surface area contributed by atoms with Crippen LogP contribution in [0.3, 0.4) is 0 Å². The number of rotatable bonds is 0. The first-order valence-corrected chi connectivity index (χ1v) is 0.651. The second-order valence-corrected chi connectivity index (χ2v) is 0.283. The van der Waals surface area contributed by atoms with Crippen LogP contribution in [0.15, 0.2) is 0 Å². The zero-order chi connectivity index (χ0) is 3.58. The maximum absolute atomic E-state index is 8.56. The van der Waals surface area contributed by atoms with Crippen LogP contribution in [0.1, 0.15) is 0 Å². The third-order valence-corrected chi connectivity index (χ3v) is 0. The van der Waals surface area contributed by atoms with Crippen LogP contribution in [-0.2, 0) is 0 Å². The maximum Gasteiger partial charge on any atom is 0.503 e. The Labute approximate surface area is 64.2 Å². The van der Waals surface area contributed by atoms with Crippen LogP contribution >= 0.6 is 0 Å². The van der Waals surface area contributed by atoms with Gasteiger partial charge in [-0.2, -0.15) is 0 Å². The third kappa shape index (κ3) is 139000. The predicted octanol–water partition coefficient (Wildman–Crippen LogP) is -2.63. The van der Waals surface area contributed by atoms with Crippen LogP contribution in [0.5, 0.6) is 0 Å². The van der Waals surface area contributed by atoms with E-state index in [0.717, 1.165) is 0 Å². The Hall–Kier alpha value is 0.0331. The smallest absolute Gasteiger partial charge is 0.450 e. The van der Waals surface area contributed by atoms with Gasteiger partial charge in [-0.05, 0) is 0 Å². The molecule has 0 aliphatic carbocycles. The monoisotopic (exact) mass is 325 g/mol. The quantitative estimate of drug-likeness (QED) is 0.468. The molecule has 0 spiro atoms. The summed E-state index contributed by atoms with van der Waals surface area (Å²) in [6.45, 7) is 0. The molecule has 8 N–H and O–H groups in total. The van der Waals surface area contributed by atoms with Gasteiger partial charge in [-0.3, -0.25) is 0 Å². The average molecular weight is 325 g/mol. The maximum atomic E-state index is 8.56. The molecule has 53 valence electrons. The van der Waals surface area contributed by atoms with Gasteiger partial charge >= 0.3 is 6.16 Å². The van der Waals surface area contributed by atoms with E-state index in [2.05, 4.69) is 0 Å². The Bertz CT molecular complexity index is 31.5. The molecular formula is CH8BiO6. The molecule has 0 aromatic heterocycles. The molecule has 0 aliphatic rings. The summed E-state index contributed by atoms with van der Waals surface area (Å²) in [5.74, 6) is 0. The third-order valence-electron chi connectivity index (χ3n) is 0. The molecule has 0 fully saturated rings. The Balaban J connectivity index is -0.00000000750. The van der Waals surface area contributed by atoms with Gasteiger partial charge in [0.15, 0.2) is 0 Å². The molecule has 0 unspecified atom stereocenters. The Morgan fingerprint density at radius 2 is 1.00 bits per heavy atom. The molecule has 6 nitrogen and oxygen atoms in total. The zero-order valence-electron chi connectivity index (χ0n) is 3.75. The van der Waals surface area contributed by atoms with Crippen LogP contribution < -0.4 is 0 Å². The fourth-order valence-electron chi connectivity index (χ4n) is 0. The minimum Gasteiger partial charge on any atom is -0.450 e. The summed E-state index contributed by atoms with van der Waals surface area (Å²) in [5, 5.41) is 13.9. The van der Waals surface area contributed by atoms with Crippen molar-refractivity contribution in [2.45, 2.75) is 0 Å². The summed E-state index contributed by atoms with van der Waals surface area (Å²) in [6.07, 6.45) is -1.83. The molecule has 0 aromatic rings. The fourth-order valence-corrected chi connectivity index (χ4v) is 0. The Kier molecular flexibility index (Phi) is 150. The van der Waals surface area contributed by atoms with Gasteiger partial charge < -0.3 is 26.6 Å². The van der Waals surface area contributed by atoms with E-state index in [4.69, 9.17) is 15.0 Å². The number of hydrogen-bond acceptors (Lipinski definition) is 1. The van der Waals surface area contributed by atoms with Gasteiger partial charge in [0.1, 0.15) is 0 Å². The summed E-state index contributed by atoms with van der Waals surface area (Å²) < 4.78 is 0. The molecule has 0 atom stereocenters. The second-order valence-electron chi connectivity index (χ2n) is 0.283. The van der Waals surface area contributed by atoms with E-state index in [1.807, 2.05) is 0 Å². The second kappa shape index (κ2) is 27.8. The van der Waals surface area contributed by atoms with Gasteiger partial charge in [-0.25, -0.2) is 4.79 Å².